The number of benzene rings is 2. The molecular weight excluding hydrogens is 366 g/mol. The van der Waals surface area contributed by atoms with E-state index in [1.54, 1.807) is 7.11 Å². The van der Waals surface area contributed by atoms with Crippen LogP contribution in [-0.2, 0) is 11.2 Å². The summed E-state index contributed by atoms with van der Waals surface area (Å²) in [5.41, 5.74) is 2.03. The van der Waals surface area contributed by atoms with Crippen LogP contribution in [0.3, 0.4) is 0 Å². The Kier molecular flexibility index (Phi) is 5.89. The van der Waals surface area contributed by atoms with Crippen molar-refractivity contribution in [1.29, 1.82) is 0 Å². The number of aryl methyl sites for hydroxylation is 1. The van der Waals surface area contributed by atoms with E-state index >= 15 is 0 Å². The molecule has 0 aliphatic carbocycles. The van der Waals surface area contributed by atoms with Crippen molar-refractivity contribution in [2.75, 3.05) is 13.7 Å². The highest BCUT2D eigenvalue weighted by Gasteiger charge is 2.32. The van der Waals surface area contributed by atoms with Gasteiger partial charge in [0, 0.05) is 18.5 Å². The highest BCUT2D eigenvalue weighted by atomic mass is 16.5. The molecule has 150 valence electrons. The van der Waals surface area contributed by atoms with Gasteiger partial charge in [0.1, 0.15) is 11.8 Å². The van der Waals surface area contributed by atoms with Gasteiger partial charge in [0.05, 0.1) is 7.11 Å². The van der Waals surface area contributed by atoms with Crippen molar-refractivity contribution in [2.45, 2.75) is 38.1 Å². The Morgan fingerprint density at radius 1 is 1.14 bits per heavy atom. The van der Waals surface area contributed by atoms with E-state index in [1.807, 2.05) is 47.4 Å². The van der Waals surface area contributed by atoms with Crippen LogP contribution in [0.2, 0.25) is 0 Å². The minimum absolute atomic E-state index is 0.141. The van der Waals surface area contributed by atoms with Gasteiger partial charge < -0.3 is 14.2 Å². The van der Waals surface area contributed by atoms with Crippen LogP contribution in [0.4, 0.5) is 0 Å². The summed E-state index contributed by atoms with van der Waals surface area (Å²) in [5.74, 6) is 1.97. The number of ether oxygens (including phenoxy) is 1. The van der Waals surface area contributed by atoms with Crippen molar-refractivity contribution < 1.29 is 14.1 Å². The largest absolute Gasteiger partial charge is 0.497 e. The zero-order valence-corrected chi connectivity index (χ0v) is 16.6. The van der Waals surface area contributed by atoms with Gasteiger partial charge in [0.15, 0.2) is 0 Å². The summed E-state index contributed by atoms with van der Waals surface area (Å²) >= 11 is 0. The smallest absolute Gasteiger partial charge is 0.249 e. The standard InChI is InChI=1S/C23H25N3O3/c1-28-19-13-11-18(12-14-19)22-24-23(29-25-22)20-9-5-6-16-26(20)21(27)15-10-17-7-3-2-4-8-17/h2-4,7-8,11-14,20H,5-6,9-10,15-16H2,1H3. The Balaban J connectivity index is 1.47. The molecular formula is C23H25N3O3. The lowest BCUT2D eigenvalue weighted by Crippen LogP contribution is -2.38. The number of methoxy groups -OCH3 is 1. The molecule has 0 radical (unpaired) electrons. The van der Waals surface area contributed by atoms with Gasteiger partial charge in [-0.1, -0.05) is 35.5 Å². The molecule has 1 amide bonds. The molecule has 6 nitrogen and oxygen atoms in total. The lowest BCUT2D eigenvalue weighted by atomic mass is 10.0. The highest BCUT2D eigenvalue weighted by molar-refractivity contribution is 5.77. The summed E-state index contributed by atoms with van der Waals surface area (Å²) in [7, 11) is 1.63. The number of carbonyl (C=O) groups excluding carboxylic acids is 1. The molecule has 1 atom stereocenters. The number of rotatable bonds is 6. The molecule has 4 rings (SSSR count). The number of carbonyl (C=O) groups is 1. The second-order valence-electron chi connectivity index (χ2n) is 7.27. The van der Waals surface area contributed by atoms with Crippen molar-refractivity contribution >= 4 is 5.91 Å². The third-order valence-electron chi connectivity index (χ3n) is 5.37. The first-order chi connectivity index (χ1) is 14.2. The van der Waals surface area contributed by atoms with Crippen LogP contribution in [0.1, 0.15) is 43.2 Å². The molecule has 1 unspecified atom stereocenters. The maximum absolute atomic E-state index is 12.9. The number of nitrogens with zero attached hydrogens (tertiary/aromatic N) is 3. The van der Waals surface area contributed by atoms with Gasteiger partial charge in [-0.25, -0.2) is 0 Å². The summed E-state index contributed by atoms with van der Waals surface area (Å²) in [6.07, 6.45) is 4.13. The van der Waals surface area contributed by atoms with Gasteiger partial charge in [-0.05, 0) is 55.5 Å². The normalized spacial score (nSPS) is 16.6. The third kappa shape index (κ3) is 4.47. The van der Waals surface area contributed by atoms with Crippen molar-refractivity contribution in [1.82, 2.24) is 15.0 Å². The molecule has 1 aromatic heterocycles. The first kappa shape index (κ1) is 19.2. The lowest BCUT2D eigenvalue weighted by Gasteiger charge is -2.33. The minimum atomic E-state index is -0.147. The predicted molar refractivity (Wildman–Crippen MR) is 109 cm³/mol. The van der Waals surface area contributed by atoms with E-state index in [-0.39, 0.29) is 11.9 Å². The van der Waals surface area contributed by atoms with Crippen molar-refractivity contribution in [3.05, 3.63) is 66.1 Å². The average molecular weight is 391 g/mol. The molecule has 29 heavy (non-hydrogen) atoms. The van der Waals surface area contributed by atoms with Crippen LogP contribution in [0.15, 0.2) is 59.1 Å². The van der Waals surface area contributed by atoms with Gasteiger partial charge in [0.2, 0.25) is 17.6 Å². The number of aromatic nitrogens is 2. The average Bonchev–Trinajstić information content (AvgIpc) is 3.28. The van der Waals surface area contributed by atoms with Crippen molar-refractivity contribution in [2.24, 2.45) is 0 Å². The maximum atomic E-state index is 12.9. The zero-order valence-electron chi connectivity index (χ0n) is 16.6. The topological polar surface area (TPSA) is 68.5 Å². The summed E-state index contributed by atoms with van der Waals surface area (Å²) in [6, 6.07) is 17.5. The quantitative estimate of drug-likeness (QED) is 0.622. The fourth-order valence-corrected chi connectivity index (χ4v) is 3.75. The zero-order chi connectivity index (χ0) is 20.1. The molecule has 2 aromatic carbocycles. The van der Waals surface area contributed by atoms with Gasteiger partial charge in [-0.2, -0.15) is 4.98 Å². The molecule has 1 aliphatic heterocycles. The molecule has 0 spiro atoms. The molecule has 1 saturated heterocycles. The summed E-state index contributed by atoms with van der Waals surface area (Å²) < 4.78 is 10.8. The van der Waals surface area contributed by atoms with Crippen LogP contribution in [0.5, 0.6) is 5.75 Å². The van der Waals surface area contributed by atoms with Gasteiger partial charge in [-0.3, -0.25) is 4.79 Å². The molecule has 2 heterocycles. The lowest BCUT2D eigenvalue weighted by molar-refractivity contribution is -0.135. The molecule has 0 bridgehead atoms. The predicted octanol–water partition coefficient (Wildman–Crippen LogP) is 4.43. The van der Waals surface area contributed by atoms with Crippen LogP contribution in [0, 0.1) is 0 Å². The molecule has 0 saturated carbocycles. The third-order valence-corrected chi connectivity index (χ3v) is 5.37. The van der Waals surface area contributed by atoms with Gasteiger partial charge in [-0.15, -0.1) is 0 Å². The van der Waals surface area contributed by atoms with E-state index in [2.05, 4.69) is 22.3 Å². The van der Waals surface area contributed by atoms with Crippen LogP contribution < -0.4 is 4.74 Å². The molecule has 1 fully saturated rings. The Labute approximate surface area is 170 Å². The Morgan fingerprint density at radius 2 is 1.93 bits per heavy atom. The van der Waals surface area contributed by atoms with Crippen LogP contribution in [0.25, 0.3) is 11.4 Å². The Morgan fingerprint density at radius 3 is 2.69 bits per heavy atom. The first-order valence-electron chi connectivity index (χ1n) is 10.1. The number of hydrogen-bond donors (Lipinski definition) is 0. The number of piperidine rings is 1. The molecule has 3 aromatic rings. The minimum Gasteiger partial charge on any atom is -0.497 e. The molecule has 6 heteroatoms. The number of hydrogen-bond acceptors (Lipinski definition) is 5. The van der Waals surface area contributed by atoms with E-state index < -0.39 is 0 Å². The molecule has 1 aliphatic rings. The van der Waals surface area contributed by atoms with Crippen molar-refractivity contribution in [3.63, 3.8) is 0 Å². The van der Waals surface area contributed by atoms with E-state index in [4.69, 9.17) is 9.26 Å². The Bertz CT molecular complexity index is 938. The van der Waals surface area contributed by atoms with E-state index in [0.717, 1.165) is 43.5 Å². The SMILES string of the molecule is COc1ccc(-c2noc(C3CCCCN3C(=O)CCc3ccccc3)n2)cc1. The van der Waals surface area contributed by atoms with E-state index in [1.165, 1.54) is 5.56 Å². The highest BCUT2D eigenvalue weighted by Crippen LogP contribution is 2.32. The molecule has 0 N–H and O–H groups in total. The van der Waals surface area contributed by atoms with Crippen molar-refractivity contribution in [3.8, 4) is 17.1 Å². The summed E-state index contributed by atoms with van der Waals surface area (Å²) in [4.78, 5) is 19.4. The van der Waals surface area contributed by atoms with Gasteiger partial charge >= 0.3 is 0 Å². The maximum Gasteiger partial charge on any atom is 0.249 e. The first-order valence-corrected chi connectivity index (χ1v) is 10.1. The fraction of sp³-hybridized carbons (Fsp3) is 0.348. The fourth-order valence-electron chi connectivity index (χ4n) is 3.75. The Hall–Kier alpha value is -3.15. The van der Waals surface area contributed by atoms with Crippen LogP contribution in [-0.4, -0.2) is 34.6 Å². The second kappa shape index (κ2) is 8.90. The summed E-state index contributed by atoms with van der Waals surface area (Å²) in [6.45, 7) is 0.735. The van der Waals surface area contributed by atoms with E-state index in [0.29, 0.717) is 18.1 Å². The number of likely N-dealkylation sites (tertiary alicyclic amines) is 1. The number of amides is 1. The van der Waals surface area contributed by atoms with Gasteiger partial charge in [0.25, 0.3) is 0 Å². The van der Waals surface area contributed by atoms with Crippen LogP contribution >= 0.6 is 0 Å². The summed E-state index contributed by atoms with van der Waals surface area (Å²) in [5, 5.41) is 4.14. The second-order valence-corrected chi connectivity index (χ2v) is 7.27. The monoisotopic (exact) mass is 391 g/mol. The van der Waals surface area contributed by atoms with E-state index in [9.17, 15) is 4.79 Å².